The first-order chi connectivity index (χ1) is 12.0. The first-order valence-electron chi connectivity index (χ1n) is 9.02. The van der Waals surface area contributed by atoms with E-state index >= 15 is 0 Å². The highest BCUT2D eigenvalue weighted by atomic mass is 16.5. The van der Waals surface area contributed by atoms with Crippen LogP contribution in [0.2, 0.25) is 0 Å². The molecule has 0 bridgehead atoms. The largest absolute Gasteiger partial charge is 0.457 e. The Balaban J connectivity index is 1.55. The average Bonchev–Trinajstić information content (AvgIpc) is 3.23. The van der Waals surface area contributed by atoms with Gasteiger partial charge in [-0.3, -0.25) is 14.4 Å². The van der Waals surface area contributed by atoms with Gasteiger partial charge in [0.1, 0.15) is 0 Å². The van der Waals surface area contributed by atoms with E-state index in [2.05, 4.69) is 0 Å². The Morgan fingerprint density at radius 2 is 1.92 bits per heavy atom. The minimum absolute atomic E-state index is 0.0368. The van der Waals surface area contributed by atoms with Crippen LogP contribution < -0.4 is 0 Å². The second-order valence-electron chi connectivity index (χ2n) is 7.23. The van der Waals surface area contributed by atoms with Crippen LogP contribution in [0.3, 0.4) is 0 Å². The van der Waals surface area contributed by atoms with Crippen molar-refractivity contribution >= 4 is 17.7 Å². The summed E-state index contributed by atoms with van der Waals surface area (Å²) in [5, 5.41) is 0. The summed E-state index contributed by atoms with van der Waals surface area (Å²) in [5.74, 6) is -1.05. The standard InChI is InChI=1S/C20H25NO4/c1-13-7-8-14(2)17(9-13)18(22)12-25-20(24)15-10-19(23)21(11-15)16-5-3-4-6-16/h7-9,15-16H,3-6,10-12H2,1-2H3/t15-/m1/s1. The van der Waals surface area contributed by atoms with E-state index in [0.29, 0.717) is 12.1 Å². The van der Waals surface area contributed by atoms with Gasteiger partial charge >= 0.3 is 5.97 Å². The smallest absolute Gasteiger partial charge is 0.311 e. The van der Waals surface area contributed by atoms with Crippen LogP contribution in [0.15, 0.2) is 18.2 Å². The highest BCUT2D eigenvalue weighted by Gasteiger charge is 2.39. The van der Waals surface area contributed by atoms with E-state index in [1.54, 1.807) is 0 Å². The van der Waals surface area contributed by atoms with Gasteiger partial charge in [-0.25, -0.2) is 0 Å². The first kappa shape index (κ1) is 17.6. The molecule has 1 aromatic rings. The van der Waals surface area contributed by atoms with E-state index in [1.807, 2.05) is 36.9 Å². The van der Waals surface area contributed by atoms with Crippen molar-refractivity contribution in [2.24, 2.45) is 5.92 Å². The molecule has 2 fully saturated rings. The van der Waals surface area contributed by atoms with Crippen molar-refractivity contribution in [3.05, 3.63) is 34.9 Å². The molecule has 1 heterocycles. The Hall–Kier alpha value is -2.17. The molecular formula is C20H25NO4. The molecule has 1 aliphatic carbocycles. The summed E-state index contributed by atoms with van der Waals surface area (Å²) in [5.41, 5.74) is 2.45. The van der Waals surface area contributed by atoms with Gasteiger partial charge in [0, 0.05) is 24.6 Å². The molecule has 2 aliphatic rings. The summed E-state index contributed by atoms with van der Waals surface area (Å²) >= 11 is 0. The normalized spacial score (nSPS) is 21.0. The van der Waals surface area contributed by atoms with Crippen molar-refractivity contribution < 1.29 is 19.1 Å². The number of nitrogens with zero attached hydrogens (tertiary/aromatic N) is 1. The van der Waals surface area contributed by atoms with Gasteiger partial charge in [-0.1, -0.05) is 30.5 Å². The van der Waals surface area contributed by atoms with Crippen LogP contribution in [0.25, 0.3) is 0 Å². The van der Waals surface area contributed by atoms with E-state index in [9.17, 15) is 14.4 Å². The third kappa shape index (κ3) is 3.91. The minimum atomic E-state index is -0.445. The summed E-state index contributed by atoms with van der Waals surface area (Å²) in [6, 6.07) is 5.92. The highest BCUT2D eigenvalue weighted by Crippen LogP contribution is 2.29. The van der Waals surface area contributed by atoms with Gasteiger partial charge in [0.15, 0.2) is 6.61 Å². The zero-order chi connectivity index (χ0) is 18.0. The van der Waals surface area contributed by atoms with Crippen molar-refractivity contribution in [1.29, 1.82) is 0 Å². The van der Waals surface area contributed by atoms with Crippen LogP contribution in [0.5, 0.6) is 0 Å². The number of esters is 1. The molecule has 1 saturated carbocycles. The summed E-state index contributed by atoms with van der Waals surface area (Å²) in [4.78, 5) is 38.6. The Kier molecular flexibility index (Phi) is 5.21. The van der Waals surface area contributed by atoms with Gasteiger partial charge in [0.05, 0.1) is 5.92 Å². The molecule has 0 unspecified atom stereocenters. The van der Waals surface area contributed by atoms with Gasteiger partial charge in [0.25, 0.3) is 0 Å². The number of carbonyl (C=O) groups is 3. The van der Waals surface area contributed by atoms with E-state index in [1.165, 1.54) is 0 Å². The van der Waals surface area contributed by atoms with Crippen molar-refractivity contribution in [2.75, 3.05) is 13.2 Å². The zero-order valence-electron chi connectivity index (χ0n) is 14.9. The van der Waals surface area contributed by atoms with Gasteiger partial charge in [-0.15, -0.1) is 0 Å². The number of Topliss-reactive ketones (excluding diaryl/α,β-unsaturated/α-hetero) is 1. The average molecular weight is 343 g/mol. The quantitative estimate of drug-likeness (QED) is 0.609. The molecule has 134 valence electrons. The number of ether oxygens (including phenoxy) is 1. The number of amides is 1. The second-order valence-corrected chi connectivity index (χ2v) is 7.23. The molecule has 0 aromatic heterocycles. The van der Waals surface area contributed by atoms with Gasteiger partial charge in [-0.2, -0.15) is 0 Å². The van der Waals surface area contributed by atoms with Crippen LogP contribution in [-0.2, 0) is 14.3 Å². The number of benzene rings is 1. The van der Waals surface area contributed by atoms with E-state index in [0.717, 1.165) is 36.8 Å². The number of aryl methyl sites for hydroxylation is 2. The third-order valence-electron chi connectivity index (χ3n) is 5.30. The second kappa shape index (κ2) is 7.38. The highest BCUT2D eigenvalue weighted by molar-refractivity contribution is 5.99. The summed E-state index contributed by atoms with van der Waals surface area (Å²) in [6.45, 7) is 3.95. The number of ketones is 1. The molecule has 1 saturated heterocycles. The molecule has 25 heavy (non-hydrogen) atoms. The molecule has 1 aromatic carbocycles. The Labute approximate surface area is 148 Å². The van der Waals surface area contributed by atoms with Crippen LogP contribution in [0, 0.1) is 19.8 Å². The topological polar surface area (TPSA) is 63.7 Å². The van der Waals surface area contributed by atoms with Crippen LogP contribution in [0.4, 0.5) is 0 Å². The predicted octanol–water partition coefficient (Wildman–Crippen LogP) is 2.82. The number of carbonyl (C=O) groups excluding carboxylic acids is 3. The Bertz CT molecular complexity index is 691. The molecular weight excluding hydrogens is 318 g/mol. The molecule has 5 heteroatoms. The fourth-order valence-electron chi connectivity index (χ4n) is 3.83. The molecule has 0 N–H and O–H groups in total. The van der Waals surface area contributed by atoms with Gasteiger partial charge < -0.3 is 9.64 Å². The predicted molar refractivity (Wildman–Crippen MR) is 93.3 cm³/mol. The van der Waals surface area contributed by atoms with Crippen molar-refractivity contribution in [1.82, 2.24) is 4.90 Å². The summed E-state index contributed by atoms with van der Waals surface area (Å²) in [7, 11) is 0. The molecule has 5 nitrogen and oxygen atoms in total. The summed E-state index contributed by atoms with van der Waals surface area (Å²) in [6.07, 6.45) is 4.55. The lowest BCUT2D eigenvalue weighted by Crippen LogP contribution is -2.35. The van der Waals surface area contributed by atoms with Gasteiger partial charge in [-0.05, 0) is 38.3 Å². The molecule has 3 rings (SSSR count). The zero-order valence-corrected chi connectivity index (χ0v) is 14.9. The molecule has 1 aliphatic heterocycles. The molecule has 0 radical (unpaired) electrons. The van der Waals surface area contributed by atoms with Gasteiger partial charge in [0.2, 0.25) is 11.7 Å². The maximum Gasteiger partial charge on any atom is 0.311 e. The monoisotopic (exact) mass is 343 g/mol. The van der Waals surface area contributed by atoms with Crippen molar-refractivity contribution in [3.8, 4) is 0 Å². The maximum atomic E-state index is 12.3. The Morgan fingerprint density at radius 3 is 2.64 bits per heavy atom. The summed E-state index contributed by atoms with van der Waals surface area (Å²) < 4.78 is 5.23. The van der Waals surface area contributed by atoms with Crippen LogP contribution in [-0.4, -0.2) is 41.8 Å². The molecule has 1 amide bonds. The fourth-order valence-corrected chi connectivity index (χ4v) is 3.83. The van der Waals surface area contributed by atoms with Crippen LogP contribution >= 0.6 is 0 Å². The number of likely N-dealkylation sites (tertiary alicyclic amines) is 1. The maximum absolute atomic E-state index is 12.3. The Morgan fingerprint density at radius 1 is 1.20 bits per heavy atom. The number of rotatable bonds is 5. The number of hydrogen-bond donors (Lipinski definition) is 0. The third-order valence-corrected chi connectivity index (χ3v) is 5.30. The lowest BCUT2D eigenvalue weighted by atomic mass is 10.0. The number of hydrogen-bond acceptors (Lipinski definition) is 4. The lowest BCUT2D eigenvalue weighted by molar-refractivity contribution is -0.147. The minimum Gasteiger partial charge on any atom is -0.457 e. The molecule has 0 spiro atoms. The van der Waals surface area contributed by atoms with Crippen molar-refractivity contribution in [3.63, 3.8) is 0 Å². The first-order valence-corrected chi connectivity index (χ1v) is 9.02. The fraction of sp³-hybridized carbons (Fsp3) is 0.550. The van der Waals surface area contributed by atoms with Crippen molar-refractivity contribution in [2.45, 2.75) is 52.0 Å². The van der Waals surface area contributed by atoms with E-state index in [-0.39, 0.29) is 30.8 Å². The van der Waals surface area contributed by atoms with E-state index in [4.69, 9.17) is 4.74 Å². The molecule has 1 atom stereocenters. The van der Waals surface area contributed by atoms with Crippen LogP contribution in [0.1, 0.15) is 53.6 Å². The van der Waals surface area contributed by atoms with E-state index < -0.39 is 11.9 Å². The lowest BCUT2D eigenvalue weighted by Gasteiger charge is -2.23. The SMILES string of the molecule is Cc1ccc(C)c(C(=O)COC(=O)[C@@H]2CC(=O)N(C3CCCC3)C2)c1.